The molecular formula is C15H19BrN2O3. The highest BCUT2D eigenvalue weighted by molar-refractivity contribution is 9.10. The molecular weight excluding hydrogens is 336 g/mol. The lowest BCUT2D eigenvalue weighted by molar-refractivity contribution is -0.123. The molecule has 1 amide bonds. The number of anilines is 2. The number of hydrogen-bond donors (Lipinski definition) is 2. The Hall–Kier alpha value is -1.11. The van der Waals surface area contributed by atoms with E-state index in [0.29, 0.717) is 11.3 Å². The van der Waals surface area contributed by atoms with Gasteiger partial charge in [-0.3, -0.25) is 4.79 Å². The van der Waals surface area contributed by atoms with Crippen molar-refractivity contribution in [1.82, 2.24) is 0 Å². The molecule has 6 heteroatoms. The van der Waals surface area contributed by atoms with Crippen LogP contribution < -0.4 is 10.2 Å². The van der Waals surface area contributed by atoms with Gasteiger partial charge >= 0.3 is 0 Å². The van der Waals surface area contributed by atoms with Gasteiger partial charge in [-0.05, 0) is 48.8 Å². The number of nitrogens with one attached hydrogen (secondary N) is 1. The highest BCUT2D eigenvalue weighted by Gasteiger charge is 2.34. The van der Waals surface area contributed by atoms with Crippen molar-refractivity contribution >= 4 is 33.2 Å². The van der Waals surface area contributed by atoms with Gasteiger partial charge in [0.15, 0.2) is 6.10 Å². The second-order valence-corrected chi connectivity index (χ2v) is 7.21. The van der Waals surface area contributed by atoms with Crippen molar-refractivity contribution in [1.29, 1.82) is 0 Å². The standard InChI is InChI=1S/C15H19BrN2O3/c1-8-6-18(7-15(2,3)21-8)12-5-11-9(4-10(12)16)13(19)14(20)17-11/h4-5,8,13,19H,6-7H2,1-3H3,(H,17,20). The van der Waals surface area contributed by atoms with E-state index in [1.165, 1.54) is 0 Å². The van der Waals surface area contributed by atoms with E-state index < -0.39 is 6.10 Å². The van der Waals surface area contributed by atoms with Gasteiger partial charge < -0.3 is 20.1 Å². The van der Waals surface area contributed by atoms with Crippen LogP contribution in [0, 0.1) is 0 Å². The minimum absolute atomic E-state index is 0.133. The first kappa shape index (κ1) is 14.8. The van der Waals surface area contributed by atoms with Crippen molar-refractivity contribution in [2.24, 2.45) is 0 Å². The lowest BCUT2D eigenvalue weighted by Crippen LogP contribution is -2.52. The van der Waals surface area contributed by atoms with Gasteiger partial charge in [0.1, 0.15) is 0 Å². The van der Waals surface area contributed by atoms with Crippen molar-refractivity contribution in [3.63, 3.8) is 0 Å². The second-order valence-electron chi connectivity index (χ2n) is 6.35. The Balaban J connectivity index is 1.97. The zero-order chi connectivity index (χ0) is 15.4. The minimum atomic E-state index is -1.08. The lowest BCUT2D eigenvalue weighted by Gasteiger charge is -2.43. The molecule has 1 aromatic rings. The number of nitrogens with zero attached hydrogens (tertiary/aromatic N) is 1. The van der Waals surface area contributed by atoms with Gasteiger partial charge in [0.2, 0.25) is 0 Å². The van der Waals surface area contributed by atoms with E-state index in [9.17, 15) is 9.90 Å². The number of aliphatic hydroxyl groups is 1. The Labute approximate surface area is 132 Å². The molecule has 2 atom stereocenters. The van der Waals surface area contributed by atoms with E-state index in [2.05, 4.69) is 46.9 Å². The average molecular weight is 355 g/mol. The molecule has 21 heavy (non-hydrogen) atoms. The highest BCUT2D eigenvalue weighted by atomic mass is 79.9. The van der Waals surface area contributed by atoms with E-state index in [0.717, 1.165) is 23.2 Å². The summed E-state index contributed by atoms with van der Waals surface area (Å²) in [6.45, 7) is 7.76. The third-order valence-electron chi connectivity index (χ3n) is 3.83. The molecule has 3 rings (SSSR count). The van der Waals surface area contributed by atoms with Crippen LogP contribution >= 0.6 is 15.9 Å². The van der Waals surface area contributed by atoms with Gasteiger partial charge in [-0.1, -0.05) is 0 Å². The molecule has 2 aliphatic rings. The Morgan fingerprint density at radius 2 is 2.19 bits per heavy atom. The van der Waals surface area contributed by atoms with Crippen LogP contribution in [-0.4, -0.2) is 35.8 Å². The number of rotatable bonds is 1. The first-order chi connectivity index (χ1) is 9.77. The molecule has 2 aliphatic heterocycles. The molecule has 0 bridgehead atoms. The SMILES string of the molecule is CC1CN(c2cc3c(cc2Br)C(O)C(=O)N3)CC(C)(C)O1. The fourth-order valence-corrected chi connectivity index (χ4v) is 3.75. The Morgan fingerprint density at radius 1 is 1.48 bits per heavy atom. The number of morpholine rings is 1. The van der Waals surface area contributed by atoms with Crippen LogP contribution in [0.2, 0.25) is 0 Å². The Morgan fingerprint density at radius 3 is 2.86 bits per heavy atom. The summed E-state index contributed by atoms with van der Waals surface area (Å²) in [5.74, 6) is -0.371. The maximum Gasteiger partial charge on any atom is 0.257 e. The molecule has 0 aliphatic carbocycles. The molecule has 2 N–H and O–H groups in total. The molecule has 1 aromatic carbocycles. The molecule has 1 saturated heterocycles. The van der Waals surface area contributed by atoms with Crippen molar-refractivity contribution in [3.8, 4) is 0 Å². The summed E-state index contributed by atoms with van der Waals surface area (Å²) in [7, 11) is 0. The van der Waals surface area contributed by atoms with E-state index in [-0.39, 0.29) is 17.6 Å². The first-order valence-electron chi connectivity index (χ1n) is 7.02. The van der Waals surface area contributed by atoms with Crippen LogP contribution in [0.4, 0.5) is 11.4 Å². The maximum atomic E-state index is 11.6. The van der Waals surface area contributed by atoms with Crippen molar-refractivity contribution in [3.05, 3.63) is 22.2 Å². The number of carbonyl (C=O) groups excluding carboxylic acids is 1. The number of fused-ring (bicyclic) bond motifs is 1. The normalized spacial score (nSPS) is 27.5. The fourth-order valence-electron chi connectivity index (χ4n) is 3.13. The second kappa shape index (κ2) is 4.97. The lowest BCUT2D eigenvalue weighted by atomic mass is 10.0. The molecule has 0 aromatic heterocycles. The third kappa shape index (κ3) is 2.67. The molecule has 0 spiro atoms. The van der Waals surface area contributed by atoms with Crippen LogP contribution in [0.1, 0.15) is 32.4 Å². The topological polar surface area (TPSA) is 61.8 Å². The number of hydrogen-bond acceptors (Lipinski definition) is 4. The average Bonchev–Trinajstić information content (AvgIpc) is 2.62. The number of aliphatic hydroxyl groups excluding tert-OH is 1. The predicted octanol–water partition coefficient (Wildman–Crippen LogP) is 2.44. The molecule has 114 valence electrons. The summed E-state index contributed by atoms with van der Waals surface area (Å²) in [4.78, 5) is 13.8. The summed E-state index contributed by atoms with van der Waals surface area (Å²) in [6.07, 6.45) is -0.945. The predicted molar refractivity (Wildman–Crippen MR) is 84.6 cm³/mol. The van der Waals surface area contributed by atoms with Gasteiger partial charge in [-0.2, -0.15) is 0 Å². The molecule has 2 unspecified atom stereocenters. The third-order valence-corrected chi connectivity index (χ3v) is 4.46. The summed E-state index contributed by atoms with van der Waals surface area (Å²) >= 11 is 3.56. The van der Waals surface area contributed by atoms with Crippen LogP contribution in [-0.2, 0) is 9.53 Å². The summed E-state index contributed by atoms with van der Waals surface area (Å²) in [5, 5.41) is 12.6. The number of carbonyl (C=O) groups is 1. The van der Waals surface area contributed by atoms with Gasteiger partial charge in [0.25, 0.3) is 5.91 Å². The minimum Gasteiger partial charge on any atom is -0.378 e. The largest absolute Gasteiger partial charge is 0.378 e. The van der Waals surface area contributed by atoms with E-state index in [4.69, 9.17) is 4.74 Å². The molecule has 2 heterocycles. The van der Waals surface area contributed by atoms with E-state index >= 15 is 0 Å². The molecule has 0 saturated carbocycles. The molecule has 1 fully saturated rings. The van der Waals surface area contributed by atoms with E-state index in [1.807, 2.05) is 12.1 Å². The van der Waals surface area contributed by atoms with Crippen LogP contribution in [0.5, 0.6) is 0 Å². The van der Waals surface area contributed by atoms with Crippen LogP contribution in [0.25, 0.3) is 0 Å². The van der Waals surface area contributed by atoms with Crippen molar-refractivity contribution in [2.45, 2.75) is 38.6 Å². The summed E-state index contributed by atoms with van der Waals surface area (Å²) in [6, 6.07) is 3.74. The highest BCUT2D eigenvalue weighted by Crippen LogP contribution is 2.40. The zero-order valence-corrected chi connectivity index (χ0v) is 13.9. The molecule has 5 nitrogen and oxygen atoms in total. The fraction of sp³-hybridized carbons (Fsp3) is 0.533. The van der Waals surface area contributed by atoms with Gasteiger partial charge in [0, 0.05) is 28.8 Å². The smallest absolute Gasteiger partial charge is 0.257 e. The number of ether oxygens (including phenoxy) is 1. The zero-order valence-electron chi connectivity index (χ0n) is 12.3. The van der Waals surface area contributed by atoms with Gasteiger partial charge in [-0.25, -0.2) is 0 Å². The number of halogens is 1. The van der Waals surface area contributed by atoms with Crippen molar-refractivity contribution in [2.75, 3.05) is 23.3 Å². The van der Waals surface area contributed by atoms with Crippen molar-refractivity contribution < 1.29 is 14.6 Å². The Kier molecular flexibility index (Phi) is 3.50. The van der Waals surface area contributed by atoms with Gasteiger partial charge in [0.05, 0.1) is 17.4 Å². The van der Waals surface area contributed by atoms with Crippen LogP contribution in [0.15, 0.2) is 16.6 Å². The molecule has 0 radical (unpaired) electrons. The number of benzene rings is 1. The Bertz CT molecular complexity index is 603. The number of amides is 1. The van der Waals surface area contributed by atoms with E-state index in [1.54, 1.807) is 0 Å². The monoisotopic (exact) mass is 354 g/mol. The quantitative estimate of drug-likeness (QED) is 0.812. The maximum absolute atomic E-state index is 11.6. The summed E-state index contributed by atoms with van der Waals surface area (Å²) < 4.78 is 6.80. The van der Waals surface area contributed by atoms with Crippen LogP contribution in [0.3, 0.4) is 0 Å². The van der Waals surface area contributed by atoms with Gasteiger partial charge in [-0.15, -0.1) is 0 Å². The summed E-state index contributed by atoms with van der Waals surface area (Å²) in [5.41, 5.74) is 2.09. The first-order valence-corrected chi connectivity index (χ1v) is 7.81.